The topological polar surface area (TPSA) is 0 Å². The number of rotatable bonds is 0. The molecule has 0 aliphatic carbocycles. The first-order chi connectivity index (χ1) is 8.09. The third-order valence-corrected chi connectivity index (χ3v) is 5.45. The van der Waals surface area contributed by atoms with E-state index in [-0.39, 0.29) is 0 Å². The second-order valence-electron chi connectivity index (χ2n) is 3.78. The van der Waals surface area contributed by atoms with Gasteiger partial charge in [-0.25, -0.2) is 0 Å². The third-order valence-electron chi connectivity index (χ3n) is 2.78. The van der Waals surface area contributed by atoms with Crippen molar-refractivity contribution in [2.75, 3.05) is 0 Å². The third kappa shape index (κ3) is 1.67. The van der Waals surface area contributed by atoms with E-state index >= 15 is 0 Å². The number of hydrogen-bond acceptors (Lipinski definition) is 1. The summed E-state index contributed by atoms with van der Waals surface area (Å²) in [5.41, 5.74) is 1.55. The highest BCUT2D eigenvalue weighted by atomic mass is 79.9. The summed E-state index contributed by atoms with van der Waals surface area (Å²) in [6.07, 6.45) is 0. The van der Waals surface area contributed by atoms with E-state index in [2.05, 4.69) is 44.0 Å². The Kier molecular flexibility index (Phi) is 2.80. The highest BCUT2D eigenvalue weighted by Gasteiger charge is 2.11. The molecule has 0 saturated carbocycles. The lowest BCUT2D eigenvalue weighted by molar-refractivity contribution is 1.66. The largest absolute Gasteiger partial charge is 0.135 e. The van der Waals surface area contributed by atoms with Crippen molar-refractivity contribution in [3.8, 4) is 0 Å². The number of benzene rings is 2. The van der Waals surface area contributed by atoms with Crippen molar-refractivity contribution in [1.29, 1.82) is 0 Å². The van der Waals surface area contributed by atoms with E-state index in [1.807, 2.05) is 12.1 Å². The van der Waals surface area contributed by atoms with Gasteiger partial charge in [0.1, 0.15) is 0 Å². The van der Waals surface area contributed by atoms with Crippen LogP contribution in [0.25, 0.3) is 20.2 Å². The van der Waals surface area contributed by atoms with Crippen LogP contribution in [0.5, 0.6) is 0 Å². The molecule has 0 bridgehead atoms. The quantitative estimate of drug-likeness (QED) is 0.479. The number of thiophene rings is 1. The molecule has 0 nitrogen and oxygen atoms in total. The molecule has 1 heterocycles. The minimum atomic E-state index is 0.777. The fourth-order valence-electron chi connectivity index (χ4n) is 1.90. The predicted molar refractivity (Wildman–Crippen MR) is 81.5 cm³/mol. The number of hydrogen-bond donors (Lipinski definition) is 0. The Labute approximate surface area is 121 Å². The van der Waals surface area contributed by atoms with Crippen LogP contribution in [0.15, 0.2) is 33.2 Å². The summed E-state index contributed by atoms with van der Waals surface area (Å²) < 4.78 is 4.02. The molecule has 0 amide bonds. The van der Waals surface area contributed by atoms with Crippen LogP contribution in [-0.4, -0.2) is 0 Å². The maximum atomic E-state index is 6.08. The van der Waals surface area contributed by atoms with Gasteiger partial charge in [0.2, 0.25) is 0 Å². The Morgan fingerprint density at radius 3 is 1.59 bits per heavy atom. The Hall–Kier alpha value is -0.380. The fourth-order valence-corrected chi connectivity index (χ4v) is 4.04. The summed E-state index contributed by atoms with van der Waals surface area (Å²) in [6.45, 7) is 12.2. The molecule has 3 aromatic rings. The van der Waals surface area contributed by atoms with Crippen molar-refractivity contribution >= 4 is 63.4 Å². The molecule has 0 spiro atoms. The molecule has 0 aliphatic rings. The average Bonchev–Trinajstić information content (AvgIpc) is 2.69. The van der Waals surface area contributed by atoms with Crippen LogP contribution in [0.1, 0.15) is 11.1 Å². The number of halogens is 2. The lowest BCUT2D eigenvalue weighted by atomic mass is 10.1. The maximum absolute atomic E-state index is 6.08. The van der Waals surface area contributed by atoms with Gasteiger partial charge >= 0.3 is 0 Å². The van der Waals surface area contributed by atoms with E-state index in [1.165, 1.54) is 0 Å². The van der Waals surface area contributed by atoms with Crippen LogP contribution in [0.3, 0.4) is 0 Å². The van der Waals surface area contributed by atoms with Crippen LogP contribution in [-0.2, 0) is 0 Å². The van der Waals surface area contributed by atoms with Gasteiger partial charge in [0.25, 0.3) is 0 Å². The molecule has 3 heteroatoms. The fraction of sp³-hybridized carbons (Fsp3) is 0. The van der Waals surface area contributed by atoms with E-state index < -0.39 is 0 Å². The average molecular weight is 366 g/mol. The first kappa shape index (κ1) is 11.7. The lowest BCUT2D eigenvalue weighted by Gasteiger charge is -1.99. The van der Waals surface area contributed by atoms with Crippen LogP contribution in [0.2, 0.25) is 0 Å². The second kappa shape index (κ2) is 4.08. The molecule has 0 aliphatic heterocycles. The van der Waals surface area contributed by atoms with Crippen LogP contribution in [0.4, 0.5) is 0 Å². The van der Waals surface area contributed by atoms with Gasteiger partial charge in [-0.15, -0.1) is 11.3 Å². The highest BCUT2D eigenvalue weighted by molar-refractivity contribution is 9.10. The lowest BCUT2D eigenvalue weighted by Crippen LogP contribution is -1.76. The summed E-state index contributed by atoms with van der Waals surface area (Å²) >= 11 is 8.53. The SMILES string of the molecule is [CH]c1c(Br)ccc2c1sc1c([CH])c(Br)ccc12. The van der Waals surface area contributed by atoms with Gasteiger partial charge in [0.05, 0.1) is 0 Å². The van der Waals surface area contributed by atoms with Gasteiger partial charge in [-0.1, -0.05) is 44.0 Å². The second-order valence-corrected chi connectivity index (χ2v) is 6.51. The molecule has 3 rings (SSSR count). The molecule has 1 aromatic heterocycles. The van der Waals surface area contributed by atoms with Crippen molar-refractivity contribution in [3.05, 3.63) is 58.2 Å². The summed E-state index contributed by atoms with van der Waals surface area (Å²) in [7, 11) is 0. The van der Waals surface area contributed by atoms with E-state index in [0.717, 1.165) is 40.2 Å². The smallest absolute Gasteiger partial charge is 0.0402 e. The van der Waals surface area contributed by atoms with E-state index in [4.69, 9.17) is 13.8 Å². The van der Waals surface area contributed by atoms with Gasteiger partial charge in [-0.05, 0) is 23.3 Å². The van der Waals surface area contributed by atoms with Gasteiger partial charge in [0, 0.05) is 43.0 Å². The van der Waals surface area contributed by atoms with Gasteiger partial charge in [-0.2, -0.15) is 0 Å². The molecule has 17 heavy (non-hydrogen) atoms. The molecule has 0 N–H and O–H groups in total. The maximum Gasteiger partial charge on any atom is 0.0402 e. The van der Waals surface area contributed by atoms with Gasteiger partial charge in [-0.3, -0.25) is 0 Å². The highest BCUT2D eigenvalue weighted by Crippen LogP contribution is 2.41. The molecular weight excluding hydrogens is 360 g/mol. The van der Waals surface area contributed by atoms with Gasteiger partial charge < -0.3 is 0 Å². The normalized spacial score (nSPS) is 11.5. The van der Waals surface area contributed by atoms with Crippen molar-refractivity contribution in [2.24, 2.45) is 0 Å². The van der Waals surface area contributed by atoms with Gasteiger partial charge in [0.15, 0.2) is 0 Å². The monoisotopic (exact) mass is 364 g/mol. The molecule has 4 radical (unpaired) electrons. The minimum Gasteiger partial charge on any atom is -0.135 e. The zero-order chi connectivity index (χ0) is 12.2. The molecule has 0 unspecified atom stereocenters. The summed E-state index contributed by atoms with van der Waals surface area (Å²) in [5.74, 6) is 0. The van der Waals surface area contributed by atoms with Crippen LogP contribution < -0.4 is 0 Å². The number of fused-ring (bicyclic) bond motifs is 3. The Morgan fingerprint density at radius 2 is 1.18 bits per heavy atom. The Balaban J connectivity index is 2.58. The Morgan fingerprint density at radius 1 is 0.765 bits per heavy atom. The molecule has 0 atom stereocenters. The standard InChI is InChI=1S/C14H6Br2S/c1-7-11(15)5-3-9-10-4-6-12(16)8(2)14(10)17-13(7)9/h1-6H. The first-order valence-electron chi connectivity index (χ1n) is 4.93. The minimum absolute atomic E-state index is 0.777. The molecule has 2 aromatic carbocycles. The predicted octanol–water partition coefficient (Wildman–Crippen LogP) is 5.70. The summed E-state index contributed by atoms with van der Waals surface area (Å²) in [4.78, 5) is 0. The van der Waals surface area contributed by atoms with E-state index in [9.17, 15) is 0 Å². The molecule has 0 saturated heterocycles. The summed E-state index contributed by atoms with van der Waals surface area (Å²) in [5, 5.41) is 2.31. The first-order valence-corrected chi connectivity index (χ1v) is 7.34. The molecule has 82 valence electrons. The van der Waals surface area contributed by atoms with E-state index in [1.54, 1.807) is 11.3 Å². The van der Waals surface area contributed by atoms with Crippen LogP contribution >= 0.6 is 43.2 Å². The van der Waals surface area contributed by atoms with E-state index in [0.29, 0.717) is 0 Å². The zero-order valence-electron chi connectivity index (χ0n) is 8.63. The van der Waals surface area contributed by atoms with Crippen molar-refractivity contribution < 1.29 is 0 Å². The van der Waals surface area contributed by atoms with Crippen LogP contribution in [0, 0.1) is 13.8 Å². The van der Waals surface area contributed by atoms with Crippen molar-refractivity contribution in [2.45, 2.75) is 0 Å². The Bertz CT molecular complexity index is 679. The molecular formula is C14H6Br2S. The summed E-state index contributed by atoms with van der Waals surface area (Å²) in [6, 6.07) is 8.09. The van der Waals surface area contributed by atoms with Crippen molar-refractivity contribution in [1.82, 2.24) is 0 Å². The molecule has 0 fully saturated rings. The van der Waals surface area contributed by atoms with Crippen molar-refractivity contribution in [3.63, 3.8) is 0 Å². The zero-order valence-corrected chi connectivity index (χ0v) is 12.6.